The number of nitrogens with one attached hydrogen (secondary N) is 1. The molecule has 3 N–H and O–H groups in total. The van der Waals surface area contributed by atoms with Gasteiger partial charge in [0.05, 0.1) is 17.6 Å². The van der Waals surface area contributed by atoms with E-state index in [-0.39, 0.29) is 5.82 Å². The number of nitrogens with zero attached hydrogens (tertiary/aromatic N) is 2. The van der Waals surface area contributed by atoms with Crippen LogP contribution in [0.25, 0.3) is 11.3 Å². The van der Waals surface area contributed by atoms with Gasteiger partial charge in [0.25, 0.3) is 0 Å². The van der Waals surface area contributed by atoms with E-state index in [4.69, 9.17) is 5.73 Å². The fourth-order valence-electron chi connectivity index (χ4n) is 1.78. The zero-order valence-electron chi connectivity index (χ0n) is 10.9. The van der Waals surface area contributed by atoms with E-state index in [1.54, 1.807) is 12.3 Å². The van der Waals surface area contributed by atoms with E-state index in [0.29, 0.717) is 18.1 Å². The van der Waals surface area contributed by atoms with Gasteiger partial charge in [-0.2, -0.15) is 0 Å². The number of hydrogen-bond acceptors (Lipinski definition) is 4. The first-order chi connectivity index (χ1) is 9.20. The third-order valence-electron chi connectivity index (χ3n) is 2.70. The minimum atomic E-state index is -0.276. The summed E-state index contributed by atoms with van der Waals surface area (Å²) in [6.07, 6.45) is 2.58. The molecule has 0 amide bonds. The Morgan fingerprint density at radius 2 is 2.21 bits per heavy atom. The topological polar surface area (TPSA) is 63.8 Å². The van der Waals surface area contributed by atoms with E-state index in [9.17, 15) is 4.39 Å². The molecule has 2 rings (SSSR count). The zero-order chi connectivity index (χ0) is 13.7. The van der Waals surface area contributed by atoms with Crippen LogP contribution in [0.2, 0.25) is 0 Å². The Bertz CT molecular complexity index is 557. The van der Waals surface area contributed by atoms with E-state index < -0.39 is 0 Å². The highest BCUT2D eigenvalue weighted by molar-refractivity contribution is 5.73. The van der Waals surface area contributed by atoms with Gasteiger partial charge in [-0.25, -0.2) is 14.4 Å². The number of benzene rings is 1. The number of anilines is 1. The quantitative estimate of drug-likeness (QED) is 0.810. The Morgan fingerprint density at radius 3 is 2.95 bits per heavy atom. The molecule has 4 nitrogen and oxygen atoms in total. The van der Waals surface area contributed by atoms with Gasteiger partial charge in [-0.15, -0.1) is 0 Å². The predicted octanol–water partition coefficient (Wildman–Crippen LogP) is 2.35. The molecule has 5 heteroatoms. The van der Waals surface area contributed by atoms with Crippen molar-refractivity contribution in [2.45, 2.75) is 13.3 Å². The summed E-state index contributed by atoms with van der Waals surface area (Å²) in [5.74, 6) is 0.380. The molecule has 0 aliphatic rings. The molecular weight excluding hydrogens is 243 g/mol. The highest BCUT2D eigenvalue weighted by Crippen LogP contribution is 2.25. The van der Waals surface area contributed by atoms with Crippen molar-refractivity contribution in [3.8, 4) is 11.3 Å². The van der Waals surface area contributed by atoms with Crippen molar-refractivity contribution in [1.29, 1.82) is 0 Å². The molecule has 0 saturated carbocycles. The van der Waals surface area contributed by atoms with E-state index >= 15 is 0 Å². The SMILES string of the molecule is Cc1ncc(NCCCN)c(-c2cccc(F)c2)n1. The summed E-state index contributed by atoms with van der Waals surface area (Å²) < 4.78 is 13.3. The van der Waals surface area contributed by atoms with Gasteiger partial charge in [0.15, 0.2) is 0 Å². The zero-order valence-corrected chi connectivity index (χ0v) is 10.9. The maximum Gasteiger partial charge on any atom is 0.126 e. The number of nitrogens with two attached hydrogens (primary N) is 1. The lowest BCUT2D eigenvalue weighted by Crippen LogP contribution is -2.10. The summed E-state index contributed by atoms with van der Waals surface area (Å²) in [6.45, 7) is 3.17. The van der Waals surface area contributed by atoms with Crippen LogP contribution in [0.15, 0.2) is 30.5 Å². The lowest BCUT2D eigenvalue weighted by molar-refractivity contribution is 0.628. The van der Waals surface area contributed by atoms with Crippen LogP contribution in [-0.2, 0) is 0 Å². The number of halogens is 1. The molecule has 0 aliphatic carbocycles. The second-order valence-corrected chi connectivity index (χ2v) is 4.26. The number of hydrogen-bond donors (Lipinski definition) is 2. The van der Waals surface area contributed by atoms with Gasteiger partial charge in [-0.05, 0) is 32.0 Å². The van der Waals surface area contributed by atoms with Crippen LogP contribution in [0.3, 0.4) is 0 Å². The number of rotatable bonds is 5. The lowest BCUT2D eigenvalue weighted by Gasteiger charge is -2.11. The van der Waals surface area contributed by atoms with Gasteiger partial charge in [0.1, 0.15) is 11.6 Å². The van der Waals surface area contributed by atoms with Crippen molar-refractivity contribution in [2.24, 2.45) is 5.73 Å². The van der Waals surface area contributed by atoms with Crippen LogP contribution < -0.4 is 11.1 Å². The molecule has 1 heterocycles. The van der Waals surface area contributed by atoms with Crippen LogP contribution in [0.4, 0.5) is 10.1 Å². The maximum atomic E-state index is 13.3. The van der Waals surface area contributed by atoms with Gasteiger partial charge in [0.2, 0.25) is 0 Å². The van der Waals surface area contributed by atoms with Crippen LogP contribution in [0.1, 0.15) is 12.2 Å². The maximum absolute atomic E-state index is 13.3. The second kappa shape index (κ2) is 6.24. The van der Waals surface area contributed by atoms with Crippen LogP contribution in [-0.4, -0.2) is 23.1 Å². The summed E-state index contributed by atoms with van der Waals surface area (Å²) in [7, 11) is 0. The van der Waals surface area contributed by atoms with E-state index in [2.05, 4.69) is 15.3 Å². The van der Waals surface area contributed by atoms with Crippen molar-refractivity contribution in [1.82, 2.24) is 9.97 Å². The van der Waals surface area contributed by atoms with Crippen molar-refractivity contribution >= 4 is 5.69 Å². The molecule has 0 fully saturated rings. The summed E-state index contributed by atoms with van der Waals surface area (Å²) in [5, 5.41) is 3.23. The van der Waals surface area contributed by atoms with Gasteiger partial charge in [-0.3, -0.25) is 0 Å². The van der Waals surface area contributed by atoms with Gasteiger partial charge in [-0.1, -0.05) is 12.1 Å². The number of aromatic nitrogens is 2. The van der Waals surface area contributed by atoms with Crippen molar-refractivity contribution < 1.29 is 4.39 Å². The average Bonchev–Trinajstić information content (AvgIpc) is 2.40. The molecule has 0 saturated heterocycles. The average molecular weight is 260 g/mol. The summed E-state index contributed by atoms with van der Waals surface area (Å²) >= 11 is 0. The fraction of sp³-hybridized carbons (Fsp3) is 0.286. The molecule has 100 valence electrons. The Hall–Kier alpha value is -2.01. The fourth-order valence-corrected chi connectivity index (χ4v) is 1.78. The van der Waals surface area contributed by atoms with Crippen molar-refractivity contribution in [3.05, 3.63) is 42.1 Å². The van der Waals surface area contributed by atoms with Gasteiger partial charge < -0.3 is 11.1 Å². The Kier molecular flexibility index (Phi) is 4.41. The highest BCUT2D eigenvalue weighted by Gasteiger charge is 2.08. The molecule has 19 heavy (non-hydrogen) atoms. The number of aryl methyl sites for hydroxylation is 1. The molecule has 0 unspecified atom stereocenters. The molecule has 0 aliphatic heterocycles. The van der Waals surface area contributed by atoms with Gasteiger partial charge >= 0.3 is 0 Å². The standard InChI is InChI=1S/C14H17FN4/c1-10-18-9-13(17-7-3-6-16)14(19-10)11-4-2-5-12(15)8-11/h2,4-5,8-9,17H,3,6-7,16H2,1H3. The summed E-state index contributed by atoms with van der Waals surface area (Å²) in [5.41, 5.74) is 7.71. The minimum absolute atomic E-state index is 0.276. The van der Waals surface area contributed by atoms with Gasteiger partial charge in [0, 0.05) is 12.1 Å². The lowest BCUT2D eigenvalue weighted by atomic mass is 10.1. The van der Waals surface area contributed by atoms with Crippen LogP contribution in [0.5, 0.6) is 0 Å². The van der Waals surface area contributed by atoms with Crippen molar-refractivity contribution in [3.63, 3.8) is 0 Å². The smallest absolute Gasteiger partial charge is 0.126 e. The molecule has 0 spiro atoms. The molecule has 0 radical (unpaired) electrons. The van der Waals surface area contributed by atoms with Crippen LogP contribution >= 0.6 is 0 Å². The highest BCUT2D eigenvalue weighted by atomic mass is 19.1. The molecule has 1 aromatic carbocycles. The van der Waals surface area contributed by atoms with E-state index in [0.717, 1.165) is 24.2 Å². The first-order valence-electron chi connectivity index (χ1n) is 6.24. The molecule has 1 aromatic heterocycles. The van der Waals surface area contributed by atoms with Crippen molar-refractivity contribution in [2.75, 3.05) is 18.4 Å². The summed E-state index contributed by atoms with van der Waals surface area (Å²) in [4.78, 5) is 8.56. The largest absolute Gasteiger partial charge is 0.382 e. The molecule has 0 bridgehead atoms. The summed E-state index contributed by atoms with van der Waals surface area (Å²) in [6, 6.07) is 6.39. The third kappa shape index (κ3) is 3.48. The minimum Gasteiger partial charge on any atom is -0.382 e. The first kappa shape index (κ1) is 13.4. The Labute approximate surface area is 111 Å². The van der Waals surface area contributed by atoms with Crippen LogP contribution in [0, 0.1) is 12.7 Å². The monoisotopic (exact) mass is 260 g/mol. The van der Waals surface area contributed by atoms with E-state index in [1.165, 1.54) is 12.1 Å². The Morgan fingerprint density at radius 1 is 1.37 bits per heavy atom. The van der Waals surface area contributed by atoms with E-state index in [1.807, 2.05) is 13.0 Å². The Balaban J connectivity index is 2.34. The predicted molar refractivity (Wildman–Crippen MR) is 74.3 cm³/mol. The normalized spacial score (nSPS) is 10.5. The second-order valence-electron chi connectivity index (χ2n) is 4.26. The third-order valence-corrected chi connectivity index (χ3v) is 2.70. The molecule has 0 atom stereocenters. The molecule has 2 aromatic rings. The molecular formula is C14H17FN4. The first-order valence-corrected chi connectivity index (χ1v) is 6.24.